The molecule has 2 rings (SSSR count). The lowest BCUT2D eigenvalue weighted by atomic mass is 10.2. The molecule has 0 unspecified atom stereocenters. The lowest BCUT2D eigenvalue weighted by Crippen LogP contribution is -2.44. The summed E-state index contributed by atoms with van der Waals surface area (Å²) in [7, 11) is 0. The first kappa shape index (κ1) is 15.8. The Morgan fingerprint density at radius 1 is 1.27 bits per heavy atom. The van der Waals surface area contributed by atoms with E-state index >= 15 is 0 Å². The summed E-state index contributed by atoms with van der Waals surface area (Å²) in [5, 5.41) is 9.58. The summed E-state index contributed by atoms with van der Waals surface area (Å²) in [5.74, 6) is -0.507. The summed E-state index contributed by atoms with van der Waals surface area (Å²) in [6, 6.07) is 8.93. The molecule has 0 spiro atoms. The Morgan fingerprint density at radius 3 is 2.68 bits per heavy atom. The van der Waals surface area contributed by atoms with Gasteiger partial charge in [-0.3, -0.25) is 9.59 Å². The maximum atomic E-state index is 12.1. The molecule has 0 saturated heterocycles. The highest BCUT2D eigenvalue weighted by molar-refractivity contribution is 5.97. The third-order valence-electron chi connectivity index (χ3n) is 3.16. The molecule has 2 aromatic rings. The van der Waals surface area contributed by atoms with Crippen LogP contribution in [-0.4, -0.2) is 34.2 Å². The number of nitrogens with zero attached hydrogens (tertiary/aromatic N) is 2. The normalized spacial score (nSPS) is 11.7. The first-order valence-electron chi connectivity index (χ1n) is 7.30. The van der Waals surface area contributed by atoms with Gasteiger partial charge in [0.05, 0.1) is 17.4 Å². The summed E-state index contributed by atoms with van der Waals surface area (Å²) >= 11 is 0. The van der Waals surface area contributed by atoms with Crippen molar-refractivity contribution in [2.75, 3.05) is 6.54 Å². The van der Waals surface area contributed by atoms with Gasteiger partial charge in [0.15, 0.2) is 0 Å². The van der Waals surface area contributed by atoms with Crippen LogP contribution in [0.3, 0.4) is 0 Å². The van der Waals surface area contributed by atoms with Gasteiger partial charge >= 0.3 is 0 Å². The van der Waals surface area contributed by atoms with Crippen LogP contribution in [0.2, 0.25) is 0 Å². The standard InChI is InChI=1S/C16H20N4O2/c1-3-9-17-15(21)12(2)19-16(22)13-10-18-20(11-13)14-7-5-4-6-8-14/h4-8,10-12H,3,9H2,1-2H3,(H,17,21)(H,19,22)/t12-/m0/s1. The number of hydrogen-bond acceptors (Lipinski definition) is 3. The van der Waals surface area contributed by atoms with Crippen molar-refractivity contribution in [3.63, 3.8) is 0 Å². The molecular formula is C16H20N4O2. The molecule has 116 valence electrons. The lowest BCUT2D eigenvalue weighted by Gasteiger charge is -2.12. The van der Waals surface area contributed by atoms with Gasteiger partial charge in [0.2, 0.25) is 5.91 Å². The second-order valence-corrected chi connectivity index (χ2v) is 5.00. The van der Waals surface area contributed by atoms with Crippen LogP contribution in [-0.2, 0) is 4.79 Å². The highest BCUT2D eigenvalue weighted by Gasteiger charge is 2.17. The molecule has 2 amide bonds. The van der Waals surface area contributed by atoms with Gasteiger partial charge in [-0.1, -0.05) is 25.1 Å². The number of rotatable bonds is 6. The van der Waals surface area contributed by atoms with Crippen molar-refractivity contribution in [3.8, 4) is 5.69 Å². The second-order valence-electron chi connectivity index (χ2n) is 5.00. The van der Waals surface area contributed by atoms with Gasteiger partial charge in [-0.2, -0.15) is 5.10 Å². The molecule has 0 aliphatic heterocycles. The molecule has 1 aromatic heterocycles. The Balaban J connectivity index is 1.99. The van der Waals surface area contributed by atoms with E-state index in [0.717, 1.165) is 12.1 Å². The molecule has 1 heterocycles. The van der Waals surface area contributed by atoms with Gasteiger partial charge in [-0.25, -0.2) is 4.68 Å². The molecule has 1 atom stereocenters. The largest absolute Gasteiger partial charge is 0.354 e. The van der Waals surface area contributed by atoms with Gasteiger partial charge in [-0.05, 0) is 25.5 Å². The quantitative estimate of drug-likeness (QED) is 0.849. The molecule has 0 fully saturated rings. The number of benzene rings is 1. The van der Waals surface area contributed by atoms with E-state index in [-0.39, 0.29) is 11.8 Å². The van der Waals surface area contributed by atoms with E-state index in [0.29, 0.717) is 12.1 Å². The topological polar surface area (TPSA) is 76.0 Å². The van der Waals surface area contributed by atoms with Crippen molar-refractivity contribution in [3.05, 3.63) is 48.3 Å². The van der Waals surface area contributed by atoms with E-state index in [1.807, 2.05) is 37.3 Å². The highest BCUT2D eigenvalue weighted by atomic mass is 16.2. The molecule has 0 bridgehead atoms. The van der Waals surface area contributed by atoms with Gasteiger partial charge in [-0.15, -0.1) is 0 Å². The van der Waals surface area contributed by atoms with Crippen LogP contribution in [0, 0.1) is 0 Å². The van der Waals surface area contributed by atoms with Crippen molar-refractivity contribution >= 4 is 11.8 Å². The summed E-state index contributed by atoms with van der Waals surface area (Å²) in [6.07, 6.45) is 3.98. The fourth-order valence-electron chi connectivity index (χ4n) is 1.91. The first-order chi connectivity index (χ1) is 10.6. The zero-order valence-electron chi connectivity index (χ0n) is 12.7. The minimum absolute atomic E-state index is 0.189. The van der Waals surface area contributed by atoms with E-state index in [1.54, 1.807) is 17.8 Å². The van der Waals surface area contributed by atoms with Crippen LogP contribution < -0.4 is 10.6 Å². The Kier molecular flexibility index (Phi) is 5.30. The maximum Gasteiger partial charge on any atom is 0.255 e. The Labute approximate surface area is 129 Å². The van der Waals surface area contributed by atoms with E-state index in [2.05, 4.69) is 15.7 Å². The van der Waals surface area contributed by atoms with Crippen LogP contribution in [0.25, 0.3) is 5.69 Å². The highest BCUT2D eigenvalue weighted by Crippen LogP contribution is 2.07. The van der Waals surface area contributed by atoms with E-state index in [4.69, 9.17) is 0 Å². The number of hydrogen-bond donors (Lipinski definition) is 2. The monoisotopic (exact) mass is 300 g/mol. The molecule has 1 aromatic carbocycles. The van der Waals surface area contributed by atoms with E-state index < -0.39 is 6.04 Å². The third-order valence-corrected chi connectivity index (χ3v) is 3.16. The molecule has 0 saturated carbocycles. The van der Waals surface area contributed by atoms with Crippen molar-refractivity contribution in [2.24, 2.45) is 0 Å². The lowest BCUT2D eigenvalue weighted by molar-refractivity contribution is -0.122. The zero-order valence-corrected chi connectivity index (χ0v) is 12.7. The summed E-state index contributed by atoms with van der Waals surface area (Å²) in [5.41, 5.74) is 1.29. The minimum Gasteiger partial charge on any atom is -0.354 e. The fourth-order valence-corrected chi connectivity index (χ4v) is 1.91. The maximum absolute atomic E-state index is 12.1. The fraction of sp³-hybridized carbons (Fsp3) is 0.312. The summed E-state index contributed by atoms with van der Waals surface area (Å²) in [4.78, 5) is 23.9. The molecule has 22 heavy (non-hydrogen) atoms. The summed E-state index contributed by atoms with van der Waals surface area (Å²) in [6.45, 7) is 4.23. The van der Waals surface area contributed by atoms with Gasteiger partial charge in [0, 0.05) is 12.7 Å². The van der Waals surface area contributed by atoms with Crippen LogP contribution in [0.15, 0.2) is 42.7 Å². The number of aromatic nitrogens is 2. The predicted molar refractivity (Wildman–Crippen MR) is 83.8 cm³/mol. The molecular weight excluding hydrogens is 280 g/mol. The molecule has 0 radical (unpaired) electrons. The number of nitrogens with one attached hydrogen (secondary N) is 2. The Morgan fingerprint density at radius 2 is 2.00 bits per heavy atom. The van der Waals surface area contributed by atoms with Gasteiger partial charge < -0.3 is 10.6 Å². The number of amides is 2. The van der Waals surface area contributed by atoms with E-state index in [1.165, 1.54) is 6.20 Å². The smallest absolute Gasteiger partial charge is 0.255 e. The average molecular weight is 300 g/mol. The van der Waals surface area contributed by atoms with Crippen LogP contribution in [0.5, 0.6) is 0 Å². The second kappa shape index (κ2) is 7.40. The number of carbonyl (C=O) groups is 2. The van der Waals surface area contributed by atoms with Crippen molar-refractivity contribution in [2.45, 2.75) is 26.3 Å². The first-order valence-corrected chi connectivity index (χ1v) is 7.30. The zero-order chi connectivity index (χ0) is 15.9. The molecule has 2 N–H and O–H groups in total. The van der Waals surface area contributed by atoms with E-state index in [9.17, 15) is 9.59 Å². The molecule has 6 heteroatoms. The number of para-hydroxylation sites is 1. The SMILES string of the molecule is CCCNC(=O)[C@H](C)NC(=O)c1cnn(-c2ccccc2)c1. The van der Waals surface area contributed by atoms with Crippen molar-refractivity contribution in [1.82, 2.24) is 20.4 Å². The minimum atomic E-state index is -0.584. The third kappa shape index (κ3) is 3.94. The van der Waals surface area contributed by atoms with Crippen molar-refractivity contribution < 1.29 is 9.59 Å². The summed E-state index contributed by atoms with van der Waals surface area (Å²) < 4.78 is 1.62. The van der Waals surface area contributed by atoms with Crippen molar-refractivity contribution in [1.29, 1.82) is 0 Å². The van der Waals surface area contributed by atoms with Gasteiger partial charge in [0.25, 0.3) is 5.91 Å². The average Bonchev–Trinajstić information content (AvgIpc) is 3.03. The van der Waals surface area contributed by atoms with Crippen LogP contribution in [0.1, 0.15) is 30.6 Å². The molecule has 0 aliphatic carbocycles. The molecule has 6 nitrogen and oxygen atoms in total. The van der Waals surface area contributed by atoms with Crippen LogP contribution >= 0.6 is 0 Å². The number of carbonyl (C=O) groups excluding carboxylic acids is 2. The van der Waals surface area contributed by atoms with Gasteiger partial charge in [0.1, 0.15) is 6.04 Å². The molecule has 0 aliphatic rings. The van der Waals surface area contributed by atoms with Crippen LogP contribution in [0.4, 0.5) is 0 Å². The Bertz CT molecular complexity index is 637. The predicted octanol–water partition coefficient (Wildman–Crippen LogP) is 1.52. The Hall–Kier alpha value is -2.63.